The van der Waals surface area contributed by atoms with Gasteiger partial charge in [-0.2, -0.15) is 0 Å². The number of hydrogen-bond acceptors (Lipinski definition) is 4. The van der Waals surface area contributed by atoms with Crippen molar-refractivity contribution in [2.75, 3.05) is 7.11 Å². The maximum absolute atomic E-state index is 13.3. The summed E-state index contributed by atoms with van der Waals surface area (Å²) in [6.07, 6.45) is 5.00. The molecule has 1 aromatic heterocycles. The van der Waals surface area contributed by atoms with Crippen molar-refractivity contribution in [1.29, 1.82) is 0 Å². The number of furan rings is 1. The first-order chi connectivity index (χ1) is 13.5. The van der Waals surface area contributed by atoms with Crippen LogP contribution in [0.25, 0.3) is 0 Å². The Kier molecular flexibility index (Phi) is 4.87. The lowest BCUT2D eigenvalue weighted by atomic mass is 9.68. The summed E-state index contributed by atoms with van der Waals surface area (Å²) in [4.78, 5) is 24.3. The van der Waals surface area contributed by atoms with E-state index in [1.807, 2.05) is 18.2 Å². The summed E-state index contributed by atoms with van der Waals surface area (Å²) >= 11 is 0. The van der Waals surface area contributed by atoms with Crippen LogP contribution in [0.4, 0.5) is 0 Å². The molecule has 0 radical (unpaired) electrons. The fraction of sp³-hybridized carbons (Fsp3) is 0.455. The van der Waals surface area contributed by atoms with Crippen LogP contribution >= 0.6 is 0 Å². The molecular weight excluding hydrogens is 358 g/mol. The molecule has 2 bridgehead atoms. The number of benzene rings is 1. The number of carbonyl (C=O) groups is 2. The number of rotatable bonds is 7. The van der Waals surface area contributed by atoms with Gasteiger partial charge in [-0.05, 0) is 67.3 Å². The van der Waals surface area contributed by atoms with E-state index in [9.17, 15) is 9.59 Å². The van der Waals surface area contributed by atoms with Crippen molar-refractivity contribution < 1.29 is 23.8 Å². The van der Waals surface area contributed by atoms with Crippen molar-refractivity contribution >= 4 is 11.9 Å². The maximum atomic E-state index is 13.3. The summed E-state index contributed by atoms with van der Waals surface area (Å²) < 4.78 is 10.6. The van der Waals surface area contributed by atoms with E-state index in [0.717, 1.165) is 30.6 Å². The highest BCUT2D eigenvalue weighted by atomic mass is 16.5. The lowest BCUT2D eigenvalue weighted by Gasteiger charge is -2.36. The zero-order chi connectivity index (χ0) is 19.7. The van der Waals surface area contributed by atoms with Gasteiger partial charge in [0, 0.05) is 0 Å². The second-order valence-electron chi connectivity index (χ2n) is 8.02. The van der Waals surface area contributed by atoms with Crippen molar-refractivity contribution in [1.82, 2.24) is 5.32 Å². The summed E-state index contributed by atoms with van der Waals surface area (Å²) in [5.41, 5.74) is 0.686. The number of methoxy groups -OCH3 is 1. The minimum absolute atomic E-state index is 0.0378. The van der Waals surface area contributed by atoms with E-state index >= 15 is 0 Å². The van der Waals surface area contributed by atoms with Gasteiger partial charge in [0.25, 0.3) is 0 Å². The number of fused-ring (bicyclic) bond motifs is 2. The molecule has 28 heavy (non-hydrogen) atoms. The van der Waals surface area contributed by atoms with Gasteiger partial charge in [-0.1, -0.05) is 18.6 Å². The van der Waals surface area contributed by atoms with Gasteiger partial charge in [-0.25, -0.2) is 4.79 Å². The Morgan fingerprint density at radius 2 is 2.14 bits per heavy atom. The van der Waals surface area contributed by atoms with Gasteiger partial charge in [-0.15, -0.1) is 0 Å². The number of nitrogens with one attached hydrogen (secondary N) is 1. The third-order valence-electron chi connectivity index (χ3n) is 6.38. The second kappa shape index (κ2) is 7.34. The van der Waals surface area contributed by atoms with Crippen LogP contribution in [-0.4, -0.2) is 24.1 Å². The molecule has 2 aliphatic carbocycles. The number of carboxylic acids is 1. The number of amides is 1. The van der Waals surface area contributed by atoms with Crippen LogP contribution in [0.15, 0.2) is 40.8 Å². The van der Waals surface area contributed by atoms with Crippen LogP contribution in [0.1, 0.15) is 47.6 Å². The smallest absolute Gasteiger partial charge is 0.371 e. The largest absolute Gasteiger partial charge is 0.497 e. The zero-order valence-electron chi connectivity index (χ0n) is 15.9. The van der Waals surface area contributed by atoms with Crippen LogP contribution < -0.4 is 10.1 Å². The third-order valence-corrected chi connectivity index (χ3v) is 6.38. The fourth-order valence-electron chi connectivity index (χ4n) is 5.10. The van der Waals surface area contributed by atoms with E-state index < -0.39 is 11.4 Å². The van der Waals surface area contributed by atoms with Gasteiger partial charge in [0.05, 0.1) is 19.1 Å². The number of aromatic carboxylic acids is 1. The lowest BCUT2D eigenvalue weighted by molar-refractivity contribution is -0.134. The summed E-state index contributed by atoms with van der Waals surface area (Å²) in [5, 5.41) is 12.0. The van der Waals surface area contributed by atoms with E-state index in [0.29, 0.717) is 24.0 Å². The fourth-order valence-corrected chi connectivity index (χ4v) is 5.10. The molecule has 6 nitrogen and oxygen atoms in total. The van der Waals surface area contributed by atoms with E-state index in [2.05, 4.69) is 11.4 Å². The summed E-state index contributed by atoms with van der Waals surface area (Å²) in [5.74, 6) is 1.06. The molecular formula is C22H25NO5. The predicted molar refractivity (Wildman–Crippen MR) is 102 cm³/mol. The molecule has 1 amide bonds. The van der Waals surface area contributed by atoms with Gasteiger partial charge in [0.1, 0.15) is 11.5 Å². The van der Waals surface area contributed by atoms with Crippen molar-refractivity contribution in [3.8, 4) is 5.75 Å². The topological polar surface area (TPSA) is 88.8 Å². The Morgan fingerprint density at radius 3 is 2.79 bits per heavy atom. The maximum Gasteiger partial charge on any atom is 0.371 e. The quantitative estimate of drug-likeness (QED) is 0.762. The highest BCUT2D eigenvalue weighted by Crippen LogP contribution is 2.57. The average Bonchev–Trinajstić information content (AvgIpc) is 3.42. The minimum Gasteiger partial charge on any atom is -0.497 e. The molecule has 6 heteroatoms. The van der Waals surface area contributed by atoms with Crippen molar-refractivity contribution in [3.05, 3.63) is 53.5 Å². The van der Waals surface area contributed by atoms with Gasteiger partial charge >= 0.3 is 5.97 Å². The molecule has 3 atom stereocenters. The van der Waals surface area contributed by atoms with Crippen LogP contribution in [0, 0.1) is 17.3 Å². The molecule has 2 saturated carbocycles. The van der Waals surface area contributed by atoms with Gasteiger partial charge < -0.3 is 19.6 Å². The number of carboxylic acid groups (broad SMARTS) is 1. The average molecular weight is 383 g/mol. The predicted octanol–water partition coefficient (Wildman–Crippen LogP) is 3.65. The summed E-state index contributed by atoms with van der Waals surface area (Å²) in [7, 11) is 1.65. The van der Waals surface area contributed by atoms with Crippen molar-refractivity contribution in [2.24, 2.45) is 17.3 Å². The molecule has 0 spiro atoms. The Bertz CT molecular complexity index is 889. The van der Waals surface area contributed by atoms with E-state index in [-0.39, 0.29) is 18.2 Å². The van der Waals surface area contributed by atoms with Gasteiger partial charge in [0.2, 0.25) is 11.7 Å². The third kappa shape index (κ3) is 3.39. The number of hydrogen-bond donors (Lipinski definition) is 2. The molecule has 148 valence electrons. The zero-order valence-corrected chi connectivity index (χ0v) is 15.9. The first kappa shape index (κ1) is 18.6. The molecule has 2 aromatic rings. The molecule has 0 saturated heterocycles. The second-order valence-corrected chi connectivity index (χ2v) is 8.02. The SMILES string of the molecule is COc1cccc(CC2(C(=O)NCc3ccc(C(=O)O)o3)CC3CCC2C3)c1. The van der Waals surface area contributed by atoms with Crippen LogP contribution in [0.5, 0.6) is 5.75 Å². The van der Waals surface area contributed by atoms with Crippen LogP contribution in [-0.2, 0) is 17.8 Å². The molecule has 2 N–H and O–H groups in total. The number of carbonyl (C=O) groups excluding carboxylic acids is 1. The van der Waals surface area contributed by atoms with Gasteiger partial charge in [0.15, 0.2) is 0 Å². The Labute approximate surface area is 163 Å². The van der Waals surface area contributed by atoms with E-state index in [1.54, 1.807) is 13.2 Å². The molecule has 0 aliphatic heterocycles. The molecule has 3 unspecified atom stereocenters. The highest BCUT2D eigenvalue weighted by molar-refractivity contribution is 5.85. The molecule has 1 aromatic carbocycles. The molecule has 4 rings (SSSR count). The Hall–Kier alpha value is -2.76. The van der Waals surface area contributed by atoms with Gasteiger partial charge in [-0.3, -0.25) is 4.79 Å². The van der Waals surface area contributed by atoms with Crippen LogP contribution in [0.3, 0.4) is 0 Å². The lowest BCUT2D eigenvalue weighted by Crippen LogP contribution is -2.45. The Balaban J connectivity index is 1.52. The molecule has 2 aliphatic rings. The van der Waals surface area contributed by atoms with E-state index in [4.69, 9.17) is 14.3 Å². The summed E-state index contributed by atoms with van der Waals surface area (Å²) in [6, 6.07) is 10.9. The monoisotopic (exact) mass is 383 g/mol. The first-order valence-electron chi connectivity index (χ1n) is 9.73. The van der Waals surface area contributed by atoms with Crippen molar-refractivity contribution in [2.45, 2.75) is 38.6 Å². The first-order valence-corrected chi connectivity index (χ1v) is 9.73. The molecule has 1 heterocycles. The highest BCUT2D eigenvalue weighted by Gasteiger charge is 2.55. The van der Waals surface area contributed by atoms with Crippen LogP contribution in [0.2, 0.25) is 0 Å². The minimum atomic E-state index is -1.11. The molecule has 2 fully saturated rings. The standard InChI is InChI=1S/C22H25NO5/c1-27-17-4-2-3-14(10-17)11-22(12-15-5-6-16(22)9-15)21(26)23-13-18-7-8-19(28-18)20(24)25/h2-4,7-8,10,15-16H,5-6,9,11-13H2,1H3,(H,23,26)(H,24,25). The van der Waals surface area contributed by atoms with Crippen molar-refractivity contribution in [3.63, 3.8) is 0 Å². The Morgan fingerprint density at radius 1 is 1.29 bits per heavy atom. The normalized spacial score (nSPS) is 25.6. The van der Waals surface area contributed by atoms with E-state index in [1.165, 1.54) is 12.5 Å². The summed E-state index contributed by atoms with van der Waals surface area (Å²) in [6.45, 7) is 0.198. The number of ether oxygens (including phenoxy) is 1.